The SMILES string of the molecule is C[C@@H](O)c1ccc(OC2CCOC3(CCCC3)C2)cc1F. The van der Waals surface area contributed by atoms with Gasteiger partial charge >= 0.3 is 0 Å². The summed E-state index contributed by atoms with van der Waals surface area (Å²) in [6, 6.07) is 4.71. The van der Waals surface area contributed by atoms with Crippen LogP contribution in [0.1, 0.15) is 57.1 Å². The summed E-state index contributed by atoms with van der Waals surface area (Å²) in [5, 5.41) is 9.46. The quantitative estimate of drug-likeness (QED) is 0.922. The first-order valence-corrected chi connectivity index (χ1v) is 7.86. The Bertz CT molecular complexity index is 495. The van der Waals surface area contributed by atoms with Gasteiger partial charge in [0.1, 0.15) is 17.7 Å². The maximum Gasteiger partial charge on any atom is 0.132 e. The maximum absolute atomic E-state index is 13.9. The molecule has 1 unspecified atom stereocenters. The van der Waals surface area contributed by atoms with Gasteiger partial charge in [-0.25, -0.2) is 4.39 Å². The molecule has 1 N–H and O–H groups in total. The summed E-state index contributed by atoms with van der Waals surface area (Å²) in [6.45, 7) is 2.28. The van der Waals surface area contributed by atoms with Gasteiger partial charge in [0, 0.05) is 24.5 Å². The third-order valence-electron chi connectivity index (χ3n) is 4.69. The second-order valence-corrected chi connectivity index (χ2v) is 6.33. The van der Waals surface area contributed by atoms with Gasteiger partial charge in [-0.1, -0.05) is 12.8 Å². The molecule has 0 radical (unpaired) electrons. The Morgan fingerprint density at radius 3 is 2.81 bits per heavy atom. The fourth-order valence-corrected chi connectivity index (χ4v) is 3.56. The molecular weight excluding hydrogens is 271 g/mol. The third kappa shape index (κ3) is 3.22. The van der Waals surface area contributed by atoms with E-state index in [2.05, 4.69) is 0 Å². The fraction of sp³-hybridized carbons (Fsp3) is 0.647. The first-order valence-electron chi connectivity index (χ1n) is 7.86. The standard InChI is InChI=1S/C17H23FO3/c1-12(19)15-5-4-13(10-16(15)18)21-14-6-9-20-17(11-14)7-2-3-8-17/h4-5,10,12,14,19H,2-3,6-9,11H2,1H3/t12-,14?/m1/s1. The smallest absolute Gasteiger partial charge is 0.132 e. The lowest BCUT2D eigenvalue weighted by molar-refractivity contribution is -0.108. The minimum atomic E-state index is -0.802. The highest BCUT2D eigenvalue weighted by atomic mass is 19.1. The zero-order chi connectivity index (χ0) is 14.9. The van der Waals surface area contributed by atoms with Crippen molar-refractivity contribution in [2.75, 3.05) is 6.61 Å². The van der Waals surface area contributed by atoms with Crippen LogP contribution in [0.2, 0.25) is 0 Å². The molecular formula is C17H23FO3. The summed E-state index contributed by atoms with van der Waals surface area (Å²) in [6.07, 6.45) is 5.71. The lowest BCUT2D eigenvalue weighted by Gasteiger charge is -2.38. The largest absolute Gasteiger partial charge is 0.490 e. The molecule has 116 valence electrons. The Labute approximate surface area is 125 Å². The molecule has 1 aliphatic carbocycles. The van der Waals surface area contributed by atoms with Gasteiger partial charge in [-0.05, 0) is 31.9 Å². The minimum Gasteiger partial charge on any atom is -0.490 e. The summed E-state index contributed by atoms with van der Waals surface area (Å²) in [5.74, 6) is 0.127. The van der Waals surface area contributed by atoms with Crippen LogP contribution in [0.4, 0.5) is 4.39 Å². The van der Waals surface area contributed by atoms with Crippen molar-refractivity contribution in [3.63, 3.8) is 0 Å². The van der Waals surface area contributed by atoms with Gasteiger partial charge in [0.2, 0.25) is 0 Å². The molecule has 1 aromatic carbocycles. The van der Waals surface area contributed by atoms with Gasteiger partial charge in [0.25, 0.3) is 0 Å². The Balaban J connectivity index is 1.67. The van der Waals surface area contributed by atoms with Crippen molar-refractivity contribution in [1.29, 1.82) is 0 Å². The molecule has 2 aliphatic rings. The molecule has 1 saturated heterocycles. The van der Waals surface area contributed by atoms with Gasteiger partial charge in [-0.2, -0.15) is 0 Å². The zero-order valence-corrected chi connectivity index (χ0v) is 12.5. The molecule has 2 atom stereocenters. The number of halogens is 1. The van der Waals surface area contributed by atoms with Gasteiger partial charge in [0.05, 0.1) is 18.3 Å². The van der Waals surface area contributed by atoms with Crippen LogP contribution in [0.15, 0.2) is 18.2 Å². The average Bonchev–Trinajstić information content (AvgIpc) is 2.86. The number of hydrogen-bond acceptors (Lipinski definition) is 3. The molecule has 0 bridgehead atoms. The molecule has 1 aromatic rings. The van der Waals surface area contributed by atoms with Crippen LogP contribution in [0.5, 0.6) is 5.75 Å². The van der Waals surface area contributed by atoms with E-state index >= 15 is 0 Å². The van der Waals surface area contributed by atoms with E-state index in [1.165, 1.54) is 18.9 Å². The minimum absolute atomic E-state index is 0.00101. The second-order valence-electron chi connectivity index (χ2n) is 6.33. The number of aliphatic hydroxyl groups is 1. The Morgan fingerprint density at radius 2 is 2.14 bits per heavy atom. The van der Waals surface area contributed by atoms with Gasteiger partial charge < -0.3 is 14.6 Å². The van der Waals surface area contributed by atoms with E-state index in [0.717, 1.165) is 32.3 Å². The molecule has 4 heteroatoms. The molecule has 3 rings (SSSR count). The highest BCUT2D eigenvalue weighted by Gasteiger charge is 2.40. The first-order chi connectivity index (χ1) is 10.1. The van der Waals surface area contributed by atoms with Crippen LogP contribution < -0.4 is 4.74 Å². The van der Waals surface area contributed by atoms with Crippen molar-refractivity contribution in [2.45, 2.75) is 63.3 Å². The first kappa shape index (κ1) is 14.8. The van der Waals surface area contributed by atoms with Crippen molar-refractivity contribution in [3.8, 4) is 5.75 Å². The van der Waals surface area contributed by atoms with E-state index in [0.29, 0.717) is 11.3 Å². The highest BCUT2D eigenvalue weighted by molar-refractivity contribution is 5.30. The Kier molecular flexibility index (Phi) is 4.18. The number of rotatable bonds is 3. The third-order valence-corrected chi connectivity index (χ3v) is 4.69. The van der Waals surface area contributed by atoms with Crippen molar-refractivity contribution < 1.29 is 19.0 Å². The van der Waals surface area contributed by atoms with Crippen LogP contribution in [0.3, 0.4) is 0 Å². The number of benzene rings is 1. The van der Waals surface area contributed by atoms with E-state index in [1.807, 2.05) is 0 Å². The topological polar surface area (TPSA) is 38.7 Å². The zero-order valence-electron chi connectivity index (χ0n) is 12.5. The summed E-state index contributed by atoms with van der Waals surface area (Å²) >= 11 is 0. The van der Waals surface area contributed by atoms with Crippen molar-refractivity contribution >= 4 is 0 Å². The van der Waals surface area contributed by atoms with Crippen molar-refractivity contribution in [2.24, 2.45) is 0 Å². The summed E-state index contributed by atoms with van der Waals surface area (Å²) < 4.78 is 25.8. The monoisotopic (exact) mass is 294 g/mol. The van der Waals surface area contributed by atoms with Gasteiger partial charge in [-0.15, -0.1) is 0 Å². The number of aliphatic hydroxyl groups excluding tert-OH is 1. The maximum atomic E-state index is 13.9. The molecule has 0 aromatic heterocycles. The second kappa shape index (κ2) is 5.93. The van der Waals surface area contributed by atoms with E-state index < -0.39 is 11.9 Å². The molecule has 1 aliphatic heterocycles. The fourth-order valence-electron chi connectivity index (χ4n) is 3.56. The highest BCUT2D eigenvalue weighted by Crippen LogP contribution is 2.41. The number of ether oxygens (including phenoxy) is 2. The van der Waals surface area contributed by atoms with Crippen LogP contribution in [0.25, 0.3) is 0 Å². The Hall–Kier alpha value is -1.13. The predicted molar refractivity (Wildman–Crippen MR) is 77.8 cm³/mol. The van der Waals surface area contributed by atoms with Crippen LogP contribution >= 0.6 is 0 Å². The van der Waals surface area contributed by atoms with E-state index in [-0.39, 0.29) is 11.7 Å². The molecule has 0 amide bonds. The predicted octanol–water partition coefficient (Wildman–Crippen LogP) is 3.75. The summed E-state index contributed by atoms with van der Waals surface area (Å²) in [7, 11) is 0. The van der Waals surface area contributed by atoms with E-state index in [9.17, 15) is 9.50 Å². The molecule has 1 heterocycles. The van der Waals surface area contributed by atoms with Crippen molar-refractivity contribution in [3.05, 3.63) is 29.6 Å². The lowest BCUT2D eigenvalue weighted by Crippen LogP contribution is -2.41. The number of hydrogen-bond donors (Lipinski definition) is 1. The molecule has 1 saturated carbocycles. The molecule has 2 fully saturated rings. The summed E-state index contributed by atoms with van der Waals surface area (Å²) in [5.41, 5.74) is 0.308. The van der Waals surface area contributed by atoms with Crippen LogP contribution in [0, 0.1) is 5.82 Å². The van der Waals surface area contributed by atoms with Crippen LogP contribution in [-0.4, -0.2) is 23.4 Å². The lowest BCUT2D eigenvalue weighted by atomic mass is 9.90. The Morgan fingerprint density at radius 1 is 1.38 bits per heavy atom. The van der Waals surface area contributed by atoms with Gasteiger partial charge in [0.15, 0.2) is 0 Å². The van der Waals surface area contributed by atoms with Crippen LogP contribution in [-0.2, 0) is 4.74 Å². The van der Waals surface area contributed by atoms with E-state index in [4.69, 9.17) is 9.47 Å². The molecule has 21 heavy (non-hydrogen) atoms. The molecule has 3 nitrogen and oxygen atoms in total. The van der Waals surface area contributed by atoms with Crippen molar-refractivity contribution in [1.82, 2.24) is 0 Å². The summed E-state index contributed by atoms with van der Waals surface area (Å²) in [4.78, 5) is 0. The normalized spacial score (nSPS) is 26.0. The van der Waals surface area contributed by atoms with Gasteiger partial charge in [-0.3, -0.25) is 0 Å². The van der Waals surface area contributed by atoms with E-state index in [1.54, 1.807) is 19.1 Å². The average molecular weight is 294 g/mol. The molecule has 1 spiro atoms.